The van der Waals surface area contributed by atoms with Crippen molar-refractivity contribution in [2.75, 3.05) is 6.61 Å². The number of alkyl halides is 1. The first-order valence-electron chi connectivity index (χ1n) is 4.62. The highest BCUT2D eigenvalue weighted by Gasteiger charge is 2.08. The number of halogens is 2. The van der Waals surface area contributed by atoms with E-state index in [2.05, 4.69) is 0 Å². The van der Waals surface area contributed by atoms with Gasteiger partial charge in [0.15, 0.2) is 11.6 Å². The summed E-state index contributed by atoms with van der Waals surface area (Å²) < 4.78 is 18.5. The lowest BCUT2D eigenvalue weighted by Gasteiger charge is -2.09. The quantitative estimate of drug-likeness (QED) is 0.572. The number of rotatable bonds is 5. The number of para-hydroxylation sites is 1. The van der Waals surface area contributed by atoms with Gasteiger partial charge in [0.1, 0.15) is 0 Å². The van der Waals surface area contributed by atoms with Crippen LogP contribution in [0.15, 0.2) is 18.2 Å². The highest BCUT2D eigenvalue weighted by atomic mass is 35.5. The average molecular weight is 228 g/mol. The first kappa shape index (κ1) is 11.8. The SMILES string of the molecule is N#CCCCOc1c(F)cccc1CCl. The van der Waals surface area contributed by atoms with E-state index in [1.54, 1.807) is 12.1 Å². The largest absolute Gasteiger partial charge is 0.490 e. The van der Waals surface area contributed by atoms with Crippen molar-refractivity contribution in [3.63, 3.8) is 0 Å². The number of hydrogen-bond donors (Lipinski definition) is 0. The molecule has 0 aromatic heterocycles. The fourth-order valence-corrected chi connectivity index (χ4v) is 1.36. The van der Waals surface area contributed by atoms with Crippen molar-refractivity contribution in [2.24, 2.45) is 0 Å². The van der Waals surface area contributed by atoms with Crippen LogP contribution in [0.1, 0.15) is 18.4 Å². The van der Waals surface area contributed by atoms with Gasteiger partial charge in [-0.05, 0) is 12.5 Å². The summed E-state index contributed by atoms with van der Waals surface area (Å²) in [5.41, 5.74) is 0.633. The van der Waals surface area contributed by atoms with Gasteiger partial charge in [0.2, 0.25) is 0 Å². The van der Waals surface area contributed by atoms with Crippen molar-refractivity contribution < 1.29 is 9.13 Å². The third-order valence-electron chi connectivity index (χ3n) is 1.87. The number of hydrogen-bond acceptors (Lipinski definition) is 2. The lowest BCUT2D eigenvalue weighted by Crippen LogP contribution is -2.01. The fourth-order valence-electron chi connectivity index (χ4n) is 1.15. The summed E-state index contributed by atoms with van der Waals surface area (Å²) >= 11 is 5.65. The molecule has 4 heteroatoms. The number of nitrogens with zero attached hydrogens (tertiary/aromatic N) is 1. The van der Waals surface area contributed by atoms with Crippen LogP contribution in [0.4, 0.5) is 4.39 Å². The Labute approximate surface area is 93.2 Å². The molecule has 0 saturated heterocycles. The first-order valence-corrected chi connectivity index (χ1v) is 5.16. The molecule has 0 aliphatic heterocycles. The lowest BCUT2D eigenvalue weighted by molar-refractivity contribution is 0.294. The summed E-state index contributed by atoms with van der Waals surface area (Å²) in [4.78, 5) is 0. The van der Waals surface area contributed by atoms with Gasteiger partial charge in [-0.1, -0.05) is 12.1 Å². The van der Waals surface area contributed by atoms with Crippen LogP contribution in [0.3, 0.4) is 0 Å². The number of unbranched alkanes of at least 4 members (excludes halogenated alkanes) is 1. The van der Waals surface area contributed by atoms with Crippen LogP contribution in [0.25, 0.3) is 0 Å². The Morgan fingerprint density at radius 1 is 1.47 bits per heavy atom. The molecule has 1 rings (SSSR count). The molecule has 0 saturated carbocycles. The van der Waals surface area contributed by atoms with Gasteiger partial charge >= 0.3 is 0 Å². The first-order chi connectivity index (χ1) is 7.29. The van der Waals surface area contributed by atoms with E-state index in [1.165, 1.54) is 6.07 Å². The number of benzene rings is 1. The van der Waals surface area contributed by atoms with Gasteiger partial charge < -0.3 is 4.74 Å². The molecule has 2 nitrogen and oxygen atoms in total. The van der Waals surface area contributed by atoms with Crippen LogP contribution in [0.2, 0.25) is 0 Å². The molecule has 15 heavy (non-hydrogen) atoms. The molecule has 1 aromatic carbocycles. The maximum atomic E-state index is 13.3. The minimum atomic E-state index is -0.412. The van der Waals surface area contributed by atoms with Crippen molar-refractivity contribution in [3.05, 3.63) is 29.6 Å². The summed E-state index contributed by atoms with van der Waals surface area (Å²) in [7, 11) is 0. The zero-order chi connectivity index (χ0) is 11.1. The highest BCUT2D eigenvalue weighted by Crippen LogP contribution is 2.24. The minimum Gasteiger partial charge on any atom is -0.490 e. The van der Waals surface area contributed by atoms with Crippen molar-refractivity contribution >= 4 is 11.6 Å². The van der Waals surface area contributed by atoms with E-state index < -0.39 is 5.82 Å². The summed E-state index contributed by atoms with van der Waals surface area (Å²) in [6.45, 7) is 0.332. The summed E-state index contributed by atoms with van der Waals surface area (Å²) in [6, 6.07) is 6.64. The van der Waals surface area contributed by atoms with Crippen LogP contribution in [0, 0.1) is 17.1 Å². The molecule has 0 bridgehead atoms. The van der Waals surface area contributed by atoms with E-state index in [4.69, 9.17) is 21.6 Å². The van der Waals surface area contributed by atoms with Crippen LogP contribution in [-0.4, -0.2) is 6.61 Å². The van der Waals surface area contributed by atoms with Crippen LogP contribution < -0.4 is 4.74 Å². The van der Waals surface area contributed by atoms with E-state index in [-0.39, 0.29) is 11.6 Å². The van der Waals surface area contributed by atoms with Crippen molar-refractivity contribution in [3.8, 4) is 11.8 Å². The van der Waals surface area contributed by atoms with Crippen molar-refractivity contribution in [1.29, 1.82) is 5.26 Å². The Balaban J connectivity index is 2.63. The van der Waals surface area contributed by atoms with Gasteiger partial charge in [-0.15, -0.1) is 11.6 Å². The Morgan fingerprint density at radius 2 is 2.27 bits per heavy atom. The topological polar surface area (TPSA) is 33.0 Å². The molecule has 0 atom stereocenters. The molecule has 0 fully saturated rings. The van der Waals surface area contributed by atoms with Crippen LogP contribution in [-0.2, 0) is 5.88 Å². The van der Waals surface area contributed by atoms with Crippen molar-refractivity contribution in [2.45, 2.75) is 18.7 Å². The van der Waals surface area contributed by atoms with E-state index >= 15 is 0 Å². The average Bonchev–Trinajstić information content (AvgIpc) is 2.26. The normalized spacial score (nSPS) is 9.67. The zero-order valence-corrected chi connectivity index (χ0v) is 8.93. The Kier molecular flexibility index (Phi) is 4.92. The second-order valence-electron chi connectivity index (χ2n) is 2.97. The molecule has 1 aromatic rings. The lowest BCUT2D eigenvalue weighted by atomic mass is 10.2. The van der Waals surface area contributed by atoms with E-state index in [1.807, 2.05) is 6.07 Å². The molecule has 0 N–H and O–H groups in total. The maximum Gasteiger partial charge on any atom is 0.165 e. The second kappa shape index (κ2) is 6.26. The van der Waals surface area contributed by atoms with Gasteiger partial charge in [-0.3, -0.25) is 0 Å². The number of nitriles is 1. The van der Waals surface area contributed by atoms with Crippen LogP contribution >= 0.6 is 11.6 Å². The molecule has 0 amide bonds. The highest BCUT2D eigenvalue weighted by molar-refractivity contribution is 6.17. The molecule has 0 aliphatic rings. The van der Waals surface area contributed by atoms with E-state index in [9.17, 15) is 4.39 Å². The summed E-state index contributed by atoms with van der Waals surface area (Å²) in [5.74, 6) is 0.00118. The van der Waals surface area contributed by atoms with Crippen molar-refractivity contribution in [1.82, 2.24) is 0 Å². The predicted octanol–water partition coefficient (Wildman–Crippen LogP) is 3.25. The van der Waals surface area contributed by atoms with Gasteiger partial charge in [0.25, 0.3) is 0 Å². The zero-order valence-electron chi connectivity index (χ0n) is 8.17. The molecule has 80 valence electrons. The van der Waals surface area contributed by atoms with Gasteiger partial charge in [-0.25, -0.2) is 4.39 Å². The molecule has 0 unspecified atom stereocenters. The smallest absolute Gasteiger partial charge is 0.165 e. The molecule has 0 heterocycles. The number of ether oxygens (including phenoxy) is 1. The Hall–Kier alpha value is -1.27. The molecule has 0 aliphatic carbocycles. The van der Waals surface area contributed by atoms with E-state index in [0.29, 0.717) is 25.0 Å². The Bertz CT molecular complexity index is 362. The van der Waals surface area contributed by atoms with Gasteiger partial charge in [0, 0.05) is 12.0 Å². The van der Waals surface area contributed by atoms with Crippen LogP contribution in [0.5, 0.6) is 5.75 Å². The summed E-state index contributed by atoms with van der Waals surface area (Å²) in [5, 5.41) is 8.32. The maximum absolute atomic E-state index is 13.3. The fraction of sp³-hybridized carbons (Fsp3) is 0.364. The third-order valence-corrected chi connectivity index (χ3v) is 2.16. The summed E-state index contributed by atoms with van der Waals surface area (Å²) in [6.07, 6.45) is 0.997. The molecule has 0 spiro atoms. The van der Waals surface area contributed by atoms with Gasteiger partial charge in [-0.2, -0.15) is 5.26 Å². The monoisotopic (exact) mass is 227 g/mol. The third kappa shape index (κ3) is 3.41. The standard InChI is InChI=1S/C11H11ClFNO/c12-8-9-4-3-5-10(13)11(9)15-7-2-1-6-14/h3-5H,1-2,7-8H2. The van der Waals surface area contributed by atoms with E-state index in [0.717, 1.165) is 0 Å². The van der Waals surface area contributed by atoms with Gasteiger partial charge in [0.05, 0.1) is 18.6 Å². The predicted molar refractivity (Wildman–Crippen MR) is 56.3 cm³/mol. The molecular weight excluding hydrogens is 217 g/mol. The molecule has 0 radical (unpaired) electrons. The Morgan fingerprint density at radius 3 is 2.93 bits per heavy atom. The second-order valence-corrected chi connectivity index (χ2v) is 3.24. The molecular formula is C11H11ClFNO. The minimum absolute atomic E-state index is 0.199.